The van der Waals surface area contributed by atoms with Gasteiger partial charge in [0.2, 0.25) is 0 Å². The maximum absolute atomic E-state index is 3.79. The van der Waals surface area contributed by atoms with Crippen molar-refractivity contribution in [3.8, 4) is 0 Å². The van der Waals surface area contributed by atoms with E-state index >= 15 is 0 Å². The standard InChI is InChI=1S/C16H32N2S/c1-3-15-13-18(10-11-19-4-2)16(12-17-15)14-8-6-5-7-9-14/h14-17H,3-13H2,1-2H3. The van der Waals surface area contributed by atoms with Crippen molar-refractivity contribution in [2.45, 2.75) is 64.5 Å². The maximum Gasteiger partial charge on any atom is 0.0249 e. The van der Waals surface area contributed by atoms with Crippen LogP contribution in [0.1, 0.15) is 52.4 Å². The molecular weight excluding hydrogens is 252 g/mol. The van der Waals surface area contributed by atoms with Gasteiger partial charge >= 0.3 is 0 Å². The highest BCUT2D eigenvalue weighted by molar-refractivity contribution is 7.99. The molecule has 1 saturated carbocycles. The molecule has 1 heterocycles. The lowest BCUT2D eigenvalue weighted by atomic mass is 9.82. The average molecular weight is 285 g/mol. The van der Waals surface area contributed by atoms with Gasteiger partial charge in [-0.3, -0.25) is 4.90 Å². The third-order valence-electron chi connectivity index (χ3n) is 4.95. The summed E-state index contributed by atoms with van der Waals surface area (Å²) >= 11 is 2.10. The summed E-state index contributed by atoms with van der Waals surface area (Å²) in [7, 11) is 0. The third kappa shape index (κ3) is 4.64. The summed E-state index contributed by atoms with van der Waals surface area (Å²) in [4.78, 5) is 2.82. The molecule has 2 fully saturated rings. The van der Waals surface area contributed by atoms with Gasteiger partial charge in [-0.1, -0.05) is 33.1 Å². The Hall–Kier alpha value is 0.270. The van der Waals surface area contributed by atoms with Crippen LogP contribution in [0.15, 0.2) is 0 Å². The maximum atomic E-state index is 3.79. The summed E-state index contributed by atoms with van der Waals surface area (Å²) in [5.74, 6) is 3.54. The Morgan fingerprint density at radius 1 is 1.16 bits per heavy atom. The molecule has 0 aromatic heterocycles. The van der Waals surface area contributed by atoms with Crippen LogP contribution in [0.5, 0.6) is 0 Å². The van der Waals surface area contributed by atoms with Gasteiger partial charge in [-0.25, -0.2) is 0 Å². The van der Waals surface area contributed by atoms with Crippen LogP contribution < -0.4 is 5.32 Å². The van der Waals surface area contributed by atoms with Gasteiger partial charge in [0.15, 0.2) is 0 Å². The molecule has 2 nitrogen and oxygen atoms in total. The molecule has 112 valence electrons. The molecule has 19 heavy (non-hydrogen) atoms. The van der Waals surface area contributed by atoms with Crippen LogP contribution >= 0.6 is 11.8 Å². The normalized spacial score (nSPS) is 30.6. The Labute approximate surface area is 124 Å². The lowest BCUT2D eigenvalue weighted by molar-refractivity contribution is 0.0768. The molecule has 1 N–H and O–H groups in total. The molecule has 2 unspecified atom stereocenters. The first-order valence-corrected chi connectivity index (χ1v) is 9.55. The molecule has 1 saturated heterocycles. The fourth-order valence-corrected chi connectivity index (χ4v) is 4.39. The van der Waals surface area contributed by atoms with E-state index in [2.05, 4.69) is 35.8 Å². The second kappa shape index (κ2) is 8.53. The van der Waals surface area contributed by atoms with E-state index in [1.807, 2.05) is 0 Å². The van der Waals surface area contributed by atoms with Gasteiger partial charge in [-0.2, -0.15) is 11.8 Å². The molecule has 0 amide bonds. The van der Waals surface area contributed by atoms with Crippen LogP contribution in [0.4, 0.5) is 0 Å². The van der Waals surface area contributed by atoms with E-state index < -0.39 is 0 Å². The largest absolute Gasteiger partial charge is 0.311 e. The zero-order valence-electron chi connectivity index (χ0n) is 12.9. The zero-order valence-corrected chi connectivity index (χ0v) is 13.7. The van der Waals surface area contributed by atoms with E-state index in [4.69, 9.17) is 0 Å². The number of hydrogen-bond acceptors (Lipinski definition) is 3. The highest BCUT2D eigenvalue weighted by atomic mass is 32.2. The van der Waals surface area contributed by atoms with E-state index in [0.717, 1.165) is 18.0 Å². The third-order valence-corrected chi connectivity index (χ3v) is 5.83. The predicted molar refractivity (Wildman–Crippen MR) is 87.0 cm³/mol. The summed E-state index contributed by atoms with van der Waals surface area (Å²) in [5.41, 5.74) is 0. The molecule has 2 aliphatic rings. The molecule has 2 atom stereocenters. The Morgan fingerprint density at radius 3 is 2.63 bits per heavy atom. The molecule has 0 aromatic rings. The van der Waals surface area contributed by atoms with Crippen molar-refractivity contribution >= 4 is 11.8 Å². The lowest BCUT2D eigenvalue weighted by Crippen LogP contribution is -2.59. The number of hydrogen-bond donors (Lipinski definition) is 1. The second-order valence-corrected chi connectivity index (χ2v) is 7.56. The van der Waals surface area contributed by atoms with Gasteiger partial charge in [0, 0.05) is 37.5 Å². The van der Waals surface area contributed by atoms with Crippen LogP contribution in [0, 0.1) is 5.92 Å². The molecule has 0 radical (unpaired) electrons. The van der Waals surface area contributed by atoms with E-state index in [9.17, 15) is 0 Å². The average Bonchev–Trinajstić information content (AvgIpc) is 2.48. The first kappa shape index (κ1) is 15.7. The first-order valence-electron chi connectivity index (χ1n) is 8.40. The van der Waals surface area contributed by atoms with Crippen molar-refractivity contribution in [3.63, 3.8) is 0 Å². The van der Waals surface area contributed by atoms with Gasteiger partial charge in [-0.05, 0) is 30.9 Å². The van der Waals surface area contributed by atoms with E-state index in [1.54, 1.807) is 0 Å². The van der Waals surface area contributed by atoms with Crippen molar-refractivity contribution in [2.24, 2.45) is 5.92 Å². The van der Waals surface area contributed by atoms with E-state index in [0.29, 0.717) is 0 Å². The summed E-state index contributed by atoms with van der Waals surface area (Å²) < 4.78 is 0. The van der Waals surface area contributed by atoms with E-state index in [1.165, 1.54) is 69.7 Å². The number of nitrogens with zero attached hydrogens (tertiary/aromatic N) is 1. The fraction of sp³-hybridized carbons (Fsp3) is 1.00. The number of piperazine rings is 1. The van der Waals surface area contributed by atoms with Crippen LogP contribution in [0.25, 0.3) is 0 Å². The van der Waals surface area contributed by atoms with Gasteiger partial charge < -0.3 is 5.32 Å². The summed E-state index contributed by atoms with van der Waals surface area (Å²) in [6, 6.07) is 1.55. The smallest absolute Gasteiger partial charge is 0.0249 e. The Bertz CT molecular complexity index is 241. The molecule has 0 aromatic carbocycles. The quantitative estimate of drug-likeness (QED) is 0.753. The minimum atomic E-state index is 0.728. The minimum Gasteiger partial charge on any atom is -0.311 e. The molecule has 3 heteroatoms. The van der Waals surface area contributed by atoms with Crippen LogP contribution in [-0.2, 0) is 0 Å². The molecule has 0 bridgehead atoms. The second-order valence-electron chi connectivity index (χ2n) is 6.17. The molecule has 0 spiro atoms. The first-order chi connectivity index (χ1) is 9.35. The molecule has 1 aliphatic heterocycles. The number of thioether (sulfide) groups is 1. The minimum absolute atomic E-state index is 0.728. The predicted octanol–water partition coefficient (Wildman–Crippen LogP) is 3.37. The number of nitrogens with one attached hydrogen (secondary N) is 1. The van der Waals surface area contributed by atoms with Crippen molar-refractivity contribution in [1.29, 1.82) is 0 Å². The Kier molecular flexibility index (Phi) is 7.03. The highest BCUT2D eigenvalue weighted by Crippen LogP contribution is 2.30. The fourth-order valence-electron chi connectivity index (χ4n) is 3.74. The highest BCUT2D eigenvalue weighted by Gasteiger charge is 2.32. The van der Waals surface area contributed by atoms with Crippen LogP contribution in [0.2, 0.25) is 0 Å². The van der Waals surface area contributed by atoms with Crippen molar-refractivity contribution in [3.05, 3.63) is 0 Å². The van der Waals surface area contributed by atoms with Crippen molar-refractivity contribution < 1.29 is 0 Å². The number of rotatable bonds is 6. The SMILES string of the molecule is CCSCCN1CC(CC)NCC1C1CCCCC1. The molecule has 1 aliphatic carbocycles. The van der Waals surface area contributed by atoms with Gasteiger partial charge in [-0.15, -0.1) is 0 Å². The summed E-state index contributed by atoms with van der Waals surface area (Å²) in [6.45, 7) is 8.41. The summed E-state index contributed by atoms with van der Waals surface area (Å²) in [5, 5.41) is 3.79. The van der Waals surface area contributed by atoms with Crippen LogP contribution in [-0.4, -0.2) is 48.1 Å². The zero-order chi connectivity index (χ0) is 13.5. The molecule has 2 rings (SSSR count). The van der Waals surface area contributed by atoms with Gasteiger partial charge in [0.25, 0.3) is 0 Å². The van der Waals surface area contributed by atoms with Crippen molar-refractivity contribution in [2.75, 3.05) is 31.1 Å². The van der Waals surface area contributed by atoms with E-state index in [-0.39, 0.29) is 0 Å². The monoisotopic (exact) mass is 284 g/mol. The molecular formula is C16H32N2S. The van der Waals surface area contributed by atoms with Gasteiger partial charge in [0.1, 0.15) is 0 Å². The topological polar surface area (TPSA) is 15.3 Å². The van der Waals surface area contributed by atoms with Gasteiger partial charge in [0.05, 0.1) is 0 Å². The lowest BCUT2D eigenvalue weighted by Gasteiger charge is -2.45. The summed E-state index contributed by atoms with van der Waals surface area (Å²) in [6.07, 6.45) is 8.63. The Balaban J connectivity index is 1.89. The van der Waals surface area contributed by atoms with Crippen LogP contribution in [0.3, 0.4) is 0 Å². The van der Waals surface area contributed by atoms with Crippen molar-refractivity contribution in [1.82, 2.24) is 10.2 Å². The Morgan fingerprint density at radius 2 is 1.95 bits per heavy atom.